The van der Waals surface area contributed by atoms with E-state index in [1.54, 1.807) is 18.0 Å². The lowest BCUT2D eigenvalue weighted by Gasteiger charge is -2.02. The molecule has 1 aromatic heterocycles. The van der Waals surface area contributed by atoms with Gasteiger partial charge in [-0.05, 0) is 17.7 Å². The number of ether oxygens (including phenoxy) is 1. The van der Waals surface area contributed by atoms with Crippen LogP contribution < -0.4 is 4.74 Å². The Hall–Kier alpha value is -1.84. The maximum absolute atomic E-state index is 5.06. The highest BCUT2D eigenvalue weighted by molar-refractivity contribution is 5.27. The van der Waals surface area contributed by atoms with E-state index in [-0.39, 0.29) is 0 Å². The van der Waals surface area contributed by atoms with E-state index in [0.717, 1.165) is 11.3 Å². The Morgan fingerprint density at radius 1 is 1.36 bits per heavy atom. The molecule has 0 aliphatic carbocycles. The van der Waals surface area contributed by atoms with Crippen molar-refractivity contribution in [3.05, 3.63) is 42.2 Å². The first kappa shape index (κ1) is 8.74. The van der Waals surface area contributed by atoms with Crippen molar-refractivity contribution in [2.45, 2.75) is 6.54 Å². The SMILES string of the molecule is COc1ccc(Cn2c[c]nn2)cc1. The van der Waals surface area contributed by atoms with Crippen LogP contribution in [0.2, 0.25) is 0 Å². The average molecular weight is 188 g/mol. The van der Waals surface area contributed by atoms with E-state index in [2.05, 4.69) is 16.5 Å². The van der Waals surface area contributed by atoms with Gasteiger partial charge in [-0.15, -0.1) is 5.10 Å². The lowest BCUT2D eigenvalue weighted by atomic mass is 10.2. The number of nitrogens with zero attached hydrogens (tertiary/aromatic N) is 3. The van der Waals surface area contributed by atoms with Crippen LogP contribution in [0.25, 0.3) is 0 Å². The van der Waals surface area contributed by atoms with Gasteiger partial charge in [0, 0.05) is 0 Å². The first-order chi connectivity index (χ1) is 6.88. The molecule has 0 saturated heterocycles. The molecule has 0 bridgehead atoms. The highest BCUT2D eigenvalue weighted by Gasteiger charge is 1.96. The van der Waals surface area contributed by atoms with Gasteiger partial charge in [0.2, 0.25) is 0 Å². The number of hydrogen-bond donors (Lipinski definition) is 0. The molecule has 0 atom stereocenters. The summed E-state index contributed by atoms with van der Waals surface area (Å²) < 4.78 is 6.79. The first-order valence-corrected chi connectivity index (χ1v) is 4.27. The molecule has 14 heavy (non-hydrogen) atoms. The largest absolute Gasteiger partial charge is 0.497 e. The number of methoxy groups -OCH3 is 1. The maximum Gasteiger partial charge on any atom is 0.134 e. The van der Waals surface area contributed by atoms with Crippen LogP contribution in [0.1, 0.15) is 5.56 Å². The molecule has 1 aromatic carbocycles. The molecule has 1 radical (unpaired) electrons. The molecule has 4 heteroatoms. The van der Waals surface area contributed by atoms with Gasteiger partial charge in [-0.1, -0.05) is 17.3 Å². The number of aromatic nitrogens is 3. The van der Waals surface area contributed by atoms with E-state index >= 15 is 0 Å². The number of rotatable bonds is 3. The Balaban J connectivity index is 2.10. The molecule has 0 aliphatic rings. The lowest BCUT2D eigenvalue weighted by molar-refractivity contribution is 0.414. The lowest BCUT2D eigenvalue weighted by Crippen LogP contribution is -2.00. The van der Waals surface area contributed by atoms with E-state index in [4.69, 9.17) is 4.74 Å². The smallest absolute Gasteiger partial charge is 0.134 e. The molecule has 0 aliphatic heterocycles. The second-order valence-electron chi connectivity index (χ2n) is 2.89. The molecule has 0 saturated carbocycles. The van der Waals surface area contributed by atoms with Gasteiger partial charge in [0.15, 0.2) is 0 Å². The van der Waals surface area contributed by atoms with Crippen LogP contribution in [0.15, 0.2) is 30.5 Å². The van der Waals surface area contributed by atoms with Crippen LogP contribution in [-0.4, -0.2) is 22.1 Å². The van der Waals surface area contributed by atoms with Crippen LogP contribution in [0, 0.1) is 6.20 Å². The molecular weight excluding hydrogens is 178 g/mol. The molecule has 0 spiro atoms. The molecule has 2 rings (SSSR count). The van der Waals surface area contributed by atoms with Crippen LogP contribution in [0.5, 0.6) is 5.75 Å². The molecule has 2 aromatic rings. The Morgan fingerprint density at radius 3 is 2.71 bits per heavy atom. The van der Waals surface area contributed by atoms with Crippen molar-refractivity contribution in [2.24, 2.45) is 0 Å². The highest BCUT2D eigenvalue weighted by Crippen LogP contribution is 2.11. The summed E-state index contributed by atoms with van der Waals surface area (Å²) in [6.07, 6.45) is 4.36. The number of hydrogen-bond acceptors (Lipinski definition) is 3. The summed E-state index contributed by atoms with van der Waals surface area (Å²) in [4.78, 5) is 0. The zero-order chi connectivity index (χ0) is 9.80. The molecule has 71 valence electrons. The van der Waals surface area contributed by atoms with Gasteiger partial charge < -0.3 is 4.74 Å². The Labute approximate surface area is 82.1 Å². The Kier molecular flexibility index (Phi) is 2.44. The summed E-state index contributed by atoms with van der Waals surface area (Å²) in [7, 11) is 1.65. The van der Waals surface area contributed by atoms with E-state index in [1.807, 2.05) is 24.3 Å². The van der Waals surface area contributed by atoms with E-state index in [0.29, 0.717) is 6.54 Å². The second kappa shape index (κ2) is 3.91. The summed E-state index contributed by atoms with van der Waals surface area (Å²) in [6.45, 7) is 0.709. The predicted molar refractivity (Wildman–Crippen MR) is 51.0 cm³/mol. The van der Waals surface area contributed by atoms with Crippen LogP contribution in [0.3, 0.4) is 0 Å². The van der Waals surface area contributed by atoms with Gasteiger partial charge in [0.1, 0.15) is 11.9 Å². The second-order valence-corrected chi connectivity index (χ2v) is 2.89. The van der Waals surface area contributed by atoms with Crippen molar-refractivity contribution in [2.75, 3.05) is 7.11 Å². The maximum atomic E-state index is 5.06. The third-order valence-corrected chi connectivity index (χ3v) is 1.93. The fraction of sp³-hybridized carbons (Fsp3) is 0.200. The third-order valence-electron chi connectivity index (χ3n) is 1.93. The molecule has 0 fully saturated rings. The standard InChI is InChI=1S/C10H10N3O/c1-14-10-4-2-9(3-5-10)8-13-7-6-11-12-13/h2-5,7H,8H2,1H3. The van der Waals surface area contributed by atoms with Crippen LogP contribution >= 0.6 is 0 Å². The van der Waals surface area contributed by atoms with Gasteiger partial charge in [-0.2, -0.15) is 0 Å². The van der Waals surface area contributed by atoms with Gasteiger partial charge in [0.25, 0.3) is 0 Å². The minimum atomic E-state index is 0.709. The predicted octanol–water partition coefficient (Wildman–Crippen LogP) is 1.14. The molecule has 4 nitrogen and oxygen atoms in total. The minimum absolute atomic E-state index is 0.709. The van der Waals surface area contributed by atoms with Crippen LogP contribution in [-0.2, 0) is 6.54 Å². The summed E-state index contributed by atoms with van der Waals surface area (Å²) in [6, 6.07) is 7.85. The molecule has 0 amide bonds. The first-order valence-electron chi connectivity index (χ1n) is 4.27. The Bertz CT molecular complexity index is 380. The van der Waals surface area contributed by atoms with Crippen molar-refractivity contribution in [3.8, 4) is 5.75 Å². The van der Waals surface area contributed by atoms with Crippen molar-refractivity contribution in [3.63, 3.8) is 0 Å². The van der Waals surface area contributed by atoms with Crippen molar-refractivity contribution in [1.29, 1.82) is 0 Å². The summed E-state index contributed by atoms with van der Waals surface area (Å²) in [5.41, 5.74) is 1.16. The fourth-order valence-electron chi connectivity index (χ4n) is 1.20. The summed E-state index contributed by atoms with van der Waals surface area (Å²) in [5.74, 6) is 0.860. The Morgan fingerprint density at radius 2 is 2.14 bits per heavy atom. The summed E-state index contributed by atoms with van der Waals surface area (Å²) in [5, 5.41) is 7.45. The third kappa shape index (κ3) is 1.90. The van der Waals surface area contributed by atoms with E-state index in [1.165, 1.54) is 0 Å². The molecule has 0 unspecified atom stereocenters. The number of benzene rings is 1. The van der Waals surface area contributed by atoms with Gasteiger partial charge >= 0.3 is 0 Å². The summed E-state index contributed by atoms with van der Waals surface area (Å²) >= 11 is 0. The van der Waals surface area contributed by atoms with Crippen molar-refractivity contribution < 1.29 is 4.74 Å². The fourth-order valence-corrected chi connectivity index (χ4v) is 1.20. The zero-order valence-corrected chi connectivity index (χ0v) is 7.84. The topological polar surface area (TPSA) is 39.9 Å². The van der Waals surface area contributed by atoms with Gasteiger partial charge in [-0.25, -0.2) is 4.68 Å². The van der Waals surface area contributed by atoms with E-state index in [9.17, 15) is 0 Å². The van der Waals surface area contributed by atoms with E-state index < -0.39 is 0 Å². The highest BCUT2D eigenvalue weighted by atomic mass is 16.5. The molecule has 1 heterocycles. The zero-order valence-electron chi connectivity index (χ0n) is 7.84. The van der Waals surface area contributed by atoms with Gasteiger partial charge in [-0.3, -0.25) is 0 Å². The van der Waals surface area contributed by atoms with Gasteiger partial charge in [0.05, 0.1) is 19.9 Å². The minimum Gasteiger partial charge on any atom is -0.497 e. The van der Waals surface area contributed by atoms with Crippen molar-refractivity contribution >= 4 is 0 Å². The average Bonchev–Trinajstić information content (AvgIpc) is 2.72. The monoisotopic (exact) mass is 188 g/mol. The molecule has 0 N–H and O–H groups in total. The molecular formula is C10H10N3O. The van der Waals surface area contributed by atoms with Crippen molar-refractivity contribution in [1.82, 2.24) is 15.0 Å². The normalized spacial score (nSPS) is 10.1. The van der Waals surface area contributed by atoms with Crippen LogP contribution in [0.4, 0.5) is 0 Å². The quantitative estimate of drug-likeness (QED) is 0.725.